The molecule has 1 radical (unpaired) electrons. The van der Waals surface area contributed by atoms with Crippen LogP contribution in [0, 0.1) is 0 Å². The summed E-state index contributed by atoms with van der Waals surface area (Å²) in [6.07, 6.45) is 0. The summed E-state index contributed by atoms with van der Waals surface area (Å²) in [5.74, 6) is 0. The van der Waals surface area contributed by atoms with Gasteiger partial charge < -0.3 is 4.80 Å². The first-order valence-corrected chi connectivity index (χ1v) is 1.34. The molecule has 1 N–H and O–H groups in total. The second-order valence-corrected chi connectivity index (χ2v) is 0. The molecule has 0 aliphatic rings. The van der Waals surface area contributed by atoms with Crippen LogP contribution >= 0.6 is 0 Å². The van der Waals surface area contributed by atoms with E-state index in [4.69, 9.17) is 4.80 Å². The summed E-state index contributed by atoms with van der Waals surface area (Å²) < 4.78 is 0. The molecular formula is H9AlMgOSiY. The van der Waals surface area contributed by atoms with Gasteiger partial charge in [-0.05, 0) is 0 Å². The van der Waals surface area contributed by atoms with E-state index in [0.717, 1.165) is 0 Å². The average molecular weight is 193 g/mol. The quantitative estimate of drug-likeness (QED) is 0.391. The maximum absolute atomic E-state index is 7.14. The Balaban J connectivity index is -0.00000000167. The van der Waals surface area contributed by atoms with Crippen LogP contribution in [0.3, 0.4) is 0 Å². The van der Waals surface area contributed by atoms with Crippen molar-refractivity contribution in [3.8, 4) is 0 Å². The molecule has 27 valence electrons. The maximum atomic E-state index is 7.14. The second kappa shape index (κ2) is 30.8. The van der Waals surface area contributed by atoms with Crippen LogP contribution in [0.4, 0.5) is 0 Å². The van der Waals surface area contributed by atoms with E-state index in [1.165, 1.54) is 0 Å². The molecule has 1 nitrogen and oxygen atoms in total. The fraction of sp³-hybridized carbons (Fsp3) is 0. The molecule has 0 fully saturated rings. The molecule has 0 aromatic heterocycles. The summed E-state index contributed by atoms with van der Waals surface area (Å²) in [7, 11) is 0.306. The van der Waals surface area contributed by atoms with E-state index in [9.17, 15) is 0 Å². The minimum atomic E-state index is 0. The molecular weight excluding hydrogens is 184 g/mol. The van der Waals surface area contributed by atoms with Gasteiger partial charge >= 0.3 is 23.1 Å². The van der Waals surface area contributed by atoms with Gasteiger partial charge in [0.25, 0.3) is 0 Å². The van der Waals surface area contributed by atoms with Crippen molar-refractivity contribution < 1.29 is 37.5 Å². The van der Waals surface area contributed by atoms with Crippen molar-refractivity contribution in [2.45, 2.75) is 0 Å². The van der Waals surface area contributed by atoms with Crippen LogP contribution in [0.2, 0.25) is 0 Å². The third-order valence-corrected chi connectivity index (χ3v) is 0. The summed E-state index contributed by atoms with van der Waals surface area (Å²) in [4.78, 5) is 7.14. The molecule has 0 rings (SSSR count). The van der Waals surface area contributed by atoms with Crippen molar-refractivity contribution in [3.05, 3.63) is 0 Å². The standard InChI is InChI=1S/Al.Mg.H4OSi.Y.5H/c;;1-2;;;;;;/h;;1H,2H3;;;;;;. The van der Waals surface area contributed by atoms with Gasteiger partial charge in [-0.25, -0.2) is 0 Å². The van der Waals surface area contributed by atoms with Gasteiger partial charge in [0, 0.05) is 32.7 Å². The summed E-state index contributed by atoms with van der Waals surface area (Å²) in [5.41, 5.74) is 0. The predicted octanol–water partition coefficient (Wildman–Crippen LogP) is -3.84. The Morgan fingerprint density at radius 2 is 1.20 bits per heavy atom. The van der Waals surface area contributed by atoms with Crippen molar-refractivity contribution in [2.24, 2.45) is 0 Å². The van der Waals surface area contributed by atoms with E-state index in [2.05, 4.69) is 0 Å². The van der Waals surface area contributed by atoms with E-state index >= 15 is 0 Å². The number of rotatable bonds is 0. The first-order valence-electron chi connectivity index (χ1n) is 0.447. The van der Waals surface area contributed by atoms with Crippen molar-refractivity contribution in [3.63, 3.8) is 0 Å². The molecule has 0 saturated heterocycles. The first kappa shape index (κ1) is 25.6. The monoisotopic (exact) mass is 193 g/mol. The van der Waals surface area contributed by atoms with Gasteiger partial charge in [0.05, 0.1) is 0 Å². The second-order valence-electron chi connectivity index (χ2n) is 0. The molecule has 0 unspecified atom stereocenters. The van der Waals surface area contributed by atoms with Crippen LogP contribution in [-0.4, -0.2) is 55.7 Å². The van der Waals surface area contributed by atoms with Crippen molar-refractivity contribution in [2.75, 3.05) is 0 Å². The molecule has 0 aliphatic carbocycles. The molecule has 0 bridgehead atoms. The SMILES string of the molecule is O[SiH3].[AlH3].[MgH2].[Y]. The molecule has 0 heterocycles. The fourth-order valence-corrected chi connectivity index (χ4v) is 0. The zero-order valence-corrected chi connectivity index (χ0v) is 6.86. The normalized spacial score (nSPS) is 1.80. The van der Waals surface area contributed by atoms with Crippen LogP contribution in [-0.2, 0) is 32.7 Å². The van der Waals surface area contributed by atoms with Crippen LogP contribution < -0.4 is 0 Å². The molecule has 5 heavy (non-hydrogen) atoms. The Kier molecular flexibility index (Phi) is 158. The summed E-state index contributed by atoms with van der Waals surface area (Å²) >= 11 is 0. The largest absolute Gasteiger partial charge is 0.442 e. The van der Waals surface area contributed by atoms with E-state index in [-0.39, 0.29) is 73.1 Å². The molecule has 0 aliphatic heterocycles. The minimum absolute atomic E-state index is 0. The minimum Gasteiger partial charge on any atom is -0.442 e. The van der Waals surface area contributed by atoms with E-state index in [1.807, 2.05) is 0 Å². The van der Waals surface area contributed by atoms with E-state index in [0.29, 0.717) is 10.5 Å². The Labute approximate surface area is 87.0 Å². The molecule has 0 aromatic carbocycles. The van der Waals surface area contributed by atoms with Crippen molar-refractivity contribution in [1.29, 1.82) is 0 Å². The predicted molar refractivity (Wildman–Crippen MR) is 30.6 cm³/mol. The molecule has 0 spiro atoms. The molecule has 0 atom stereocenters. The van der Waals surface area contributed by atoms with Crippen LogP contribution in [0.5, 0.6) is 0 Å². The molecule has 0 saturated carbocycles. The van der Waals surface area contributed by atoms with E-state index in [1.54, 1.807) is 0 Å². The molecule has 0 aromatic rings. The Bertz CT molecular complexity index is 11.6. The maximum Gasteiger partial charge on any atom is 0.316 e. The summed E-state index contributed by atoms with van der Waals surface area (Å²) in [6, 6.07) is 0. The van der Waals surface area contributed by atoms with Gasteiger partial charge in [-0.15, -0.1) is 0 Å². The fourth-order valence-electron chi connectivity index (χ4n) is 0. The topological polar surface area (TPSA) is 20.2 Å². The Hall–Kier alpha value is 2.58. The summed E-state index contributed by atoms with van der Waals surface area (Å²) in [5, 5.41) is 0. The van der Waals surface area contributed by atoms with Gasteiger partial charge in [-0.2, -0.15) is 0 Å². The van der Waals surface area contributed by atoms with Crippen LogP contribution in [0.25, 0.3) is 0 Å². The van der Waals surface area contributed by atoms with Gasteiger partial charge in [0.1, 0.15) is 10.5 Å². The van der Waals surface area contributed by atoms with Crippen LogP contribution in [0.15, 0.2) is 0 Å². The zero-order chi connectivity index (χ0) is 2.00. The molecule has 0 amide bonds. The third kappa shape index (κ3) is 20.7. The van der Waals surface area contributed by atoms with E-state index < -0.39 is 0 Å². The average Bonchev–Trinajstić information content (AvgIpc) is 1.00. The summed E-state index contributed by atoms with van der Waals surface area (Å²) in [6.45, 7) is 0. The number of hydrogen-bond donors (Lipinski definition) is 1. The smallest absolute Gasteiger partial charge is 0.316 e. The molecule has 5 heteroatoms. The zero-order valence-electron chi connectivity index (χ0n) is 2.02. The van der Waals surface area contributed by atoms with Gasteiger partial charge in [-0.1, -0.05) is 0 Å². The van der Waals surface area contributed by atoms with Crippen molar-refractivity contribution in [1.82, 2.24) is 0 Å². The van der Waals surface area contributed by atoms with Crippen molar-refractivity contribution >= 4 is 50.9 Å². The first-order chi connectivity index (χ1) is 1.00. The Morgan fingerprint density at radius 1 is 1.20 bits per heavy atom. The number of hydrogen-bond acceptors (Lipinski definition) is 1. The van der Waals surface area contributed by atoms with Crippen LogP contribution in [0.1, 0.15) is 0 Å². The van der Waals surface area contributed by atoms with Gasteiger partial charge in [-0.3, -0.25) is 0 Å². The Morgan fingerprint density at radius 3 is 1.20 bits per heavy atom. The van der Waals surface area contributed by atoms with Gasteiger partial charge in [0.2, 0.25) is 0 Å². The van der Waals surface area contributed by atoms with Gasteiger partial charge in [0.15, 0.2) is 17.4 Å². The third-order valence-electron chi connectivity index (χ3n) is 0.